The van der Waals surface area contributed by atoms with Crippen LogP contribution in [-0.2, 0) is 9.53 Å². The van der Waals surface area contributed by atoms with E-state index in [0.29, 0.717) is 6.61 Å². The molecule has 1 aromatic carbocycles. The van der Waals surface area contributed by atoms with Crippen LogP contribution in [0.3, 0.4) is 0 Å². The average molecular weight is 192 g/mol. The van der Waals surface area contributed by atoms with Crippen LogP contribution in [0.25, 0.3) is 0 Å². The van der Waals surface area contributed by atoms with Crippen LogP contribution >= 0.6 is 0 Å². The Bertz CT molecular complexity index is 346. The van der Waals surface area contributed by atoms with Crippen molar-refractivity contribution in [1.29, 1.82) is 0 Å². The Labute approximate surface area is 82.6 Å². The second kappa shape index (κ2) is 3.70. The minimum Gasteiger partial charge on any atom is -0.496 e. The number of ether oxygens (including phenoxy) is 2. The number of cyclic esters (lactones) is 1. The van der Waals surface area contributed by atoms with Gasteiger partial charge in [0.1, 0.15) is 5.75 Å². The SMILES string of the molecule is COc1ccccc1[C@@H]1CCOC1=O. The van der Waals surface area contributed by atoms with Crippen molar-refractivity contribution in [3.05, 3.63) is 29.8 Å². The van der Waals surface area contributed by atoms with Crippen molar-refractivity contribution in [2.75, 3.05) is 13.7 Å². The highest BCUT2D eigenvalue weighted by Crippen LogP contribution is 2.32. The lowest BCUT2D eigenvalue weighted by molar-refractivity contribution is -0.139. The third-order valence-corrected chi connectivity index (χ3v) is 2.45. The van der Waals surface area contributed by atoms with Gasteiger partial charge < -0.3 is 9.47 Å². The Morgan fingerprint density at radius 3 is 2.86 bits per heavy atom. The van der Waals surface area contributed by atoms with Gasteiger partial charge in [0.2, 0.25) is 0 Å². The molecule has 0 unspecified atom stereocenters. The number of carbonyl (C=O) groups is 1. The minimum atomic E-state index is -0.147. The van der Waals surface area contributed by atoms with Gasteiger partial charge in [-0.15, -0.1) is 0 Å². The number of hydrogen-bond acceptors (Lipinski definition) is 3. The minimum absolute atomic E-state index is 0.144. The molecule has 0 aromatic heterocycles. The Kier molecular flexibility index (Phi) is 2.39. The van der Waals surface area contributed by atoms with E-state index in [-0.39, 0.29) is 11.9 Å². The summed E-state index contributed by atoms with van der Waals surface area (Å²) in [6.07, 6.45) is 0.749. The molecule has 3 nitrogen and oxygen atoms in total. The molecule has 0 radical (unpaired) electrons. The number of esters is 1. The molecule has 3 heteroatoms. The predicted octanol–water partition coefficient (Wildman–Crippen LogP) is 1.73. The maximum Gasteiger partial charge on any atom is 0.313 e. The first-order chi connectivity index (χ1) is 6.83. The van der Waals surface area contributed by atoms with Crippen LogP contribution in [0.5, 0.6) is 5.75 Å². The molecule has 2 rings (SSSR count). The predicted molar refractivity (Wildman–Crippen MR) is 51.3 cm³/mol. The number of carbonyl (C=O) groups excluding carboxylic acids is 1. The lowest BCUT2D eigenvalue weighted by atomic mass is 9.97. The van der Waals surface area contributed by atoms with Crippen LogP contribution < -0.4 is 4.74 Å². The molecule has 1 atom stereocenters. The molecule has 0 bridgehead atoms. The van der Waals surface area contributed by atoms with Crippen molar-refractivity contribution < 1.29 is 14.3 Å². The molecule has 74 valence electrons. The first-order valence-corrected chi connectivity index (χ1v) is 4.62. The molecule has 1 aliphatic heterocycles. The van der Waals surface area contributed by atoms with Crippen LogP contribution in [0.2, 0.25) is 0 Å². The summed E-state index contributed by atoms with van der Waals surface area (Å²) in [6, 6.07) is 7.57. The van der Waals surface area contributed by atoms with Gasteiger partial charge in [0, 0.05) is 5.56 Å². The van der Waals surface area contributed by atoms with Crippen LogP contribution in [0.15, 0.2) is 24.3 Å². The van der Waals surface area contributed by atoms with Crippen molar-refractivity contribution in [3.63, 3.8) is 0 Å². The van der Waals surface area contributed by atoms with E-state index in [1.165, 1.54) is 0 Å². The molecule has 0 N–H and O–H groups in total. The number of hydrogen-bond donors (Lipinski definition) is 0. The molecule has 1 aromatic rings. The van der Waals surface area contributed by atoms with Gasteiger partial charge in [0.05, 0.1) is 19.6 Å². The highest BCUT2D eigenvalue weighted by atomic mass is 16.5. The van der Waals surface area contributed by atoms with Crippen LogP contribution in [0, 0.1) is 0 Å². The smallest absolute Gasteiger partial charge is 0.313 e. The third-order valence-electron chi connectivity index (χ3n) is 2.45. The third kappa shape index (κ3) is 1.45. The Morgan fingerprint density at radius 2 is 2.21 bits per heavy atom. The van der Waals surface area contributed by atoms with E-state index in [0.717, 1.165) is 17.7 Å². The monoisotopic (exact) mass is 192 g/mol. The summed E-state index contributed by atoms with van der Waals surface area (Å²) >= 11 is 0. The van der Waals surface area contributed by atoms with E-state index in [4.69, 9.17) is 9.47 Å². The fraction of sp³-hybridized carbons (Fsp3) is 0.364. The van der Waals surface area contributed by atoms with E-state index < -0.39 is 0 Å². The second-order valence-corrected chi connectivity index (χ2v) is 3.25. The van der Waals surface area contributed by atoms with Gasteiger partial charge >= 0.3 is 5.97 Å². The van der Waals surface area contributed by atoms with Crippen LogP contribution in [0.4, 0.5) is 0 Å². The van der Waals surface area contributed by atoms with E-state index in [1.54, 1.807) is 7.11 Å². The molecule has 1 fully saturated rings. The molecule has 1 aliphatic rings. The van der Waals surface area contributed by atoms with Crippen molar-refractivity contribution in [2.24, 2.45) is 0 Å². The van der Waals surface area contributed by atoms with E-state index in [9.17, 15) is 4.79 Å². The molecule has 0 spiro atoms. The Morgan fingerprint density at radius 1 is 1.43 bits per heavy atom. The van der Waals surface area contributed by atoms with E-state index in [2.05, 4.69) is 0 Å². The van der Waals surface area contributed by atoms with Gasteiger partial charge in [-0.3, -0.25) is 4.79 Å². The highest BCUT2D eigenvalue weighted by Gasteiger charge is 2.30. The first-order valence-electron chi connectivity index (χ1n) is 4.62. The summed E-state index contributed by atoms with van der Waals surface area (Å²) in [5.74, 6) is 0.469. The molecule has 14 heavy (non-hydrogen) atoms. The lowest BCUT2D eigenvalue weighted by Crippen LogP contribution is -2.06. The number of rotatable bonds is 2. The quantitative estimate of drug-likeness (QED) is 0.669. The Hall–Kier alpha value is -1.51. The largest absolute Gasteiger partial charge is 0.496 e. The maximum atomic E-state index is 11.4. The molecule has 0 amide bonds. The molecule has 0 aliphatic carbocycles. The second-order valence-electron chi connectivity index (χ2n) is 3.25. The molecule has 0 saturated carbocycles. The molecular formula is C11H12O3. The van der Waals surface area contributed by atoms with Crippen molar-refractivity contribution >= 4 is 5.97 Å². The molecular weight excluding hydrogens is 180 g/mol. The summed E-state index contributed by atoms with van der Waals surface area (Å²) in [4.78, 5) is 11.4. The molecule has 1 saturated heterocycles. The maximum absolute atomic E-state index is 11.4. The summed E-state index contributed by atoms with van der Waals surface area (Å²) < 4.78 is 10.1. The summed E-state index contributed by atoms with van der Waals surface area (Å²) in [5.41, 5.74) is 0.928. The van der Waals surface area contributed by atoms with Gasteiger partial charge in [0.25, 0.3) is 0 Å². The van der Waals surface area contributed by atoms with Crippen molar-refractivity contribution in [3.8, 4) is 5.75 Å². The lowest BCUT2D eigenvalue weighted by Gasteiger charge is -2.10. The van der Waals surface area contributed by atoms with E-state index in [1.807, 2.05) is 24.3 Å². The zero-order valence-electron chi connectivity index (χ0n) is 8.03. The fourth-order valence-electron chi connectivity index (χ4n) is 1.73. The van der Waals surface area contributed by atoms with E-state index >= 15 is 0 Å². The summed E-state index contributed by atoms with van der Waals surface area (Å²) in [6.45, 7) is 0.515. The zero-order valence-corrected chi connectivity index (χ0v) is 8.03. The van der Waals surface area contributed by atoms with Gasteiger partial charge in [-0.2, -0.15) is 0 Å². The number of benzene rings is 1. The van der Waals surface area contributed by atoms with Gasteiger partial charge in [0.15, 0.2) is 0 Å². The normalized spacial score (nSPS) is 20.6. The summed E-state index contributed by atoms with van der Waals surface area (Å²) in [7, 11) is 1.61. The highest BCUT2D eigenvalue weighted by molar-refractivity contribution is 5.80. The van der Waals surface area contributed by atoms with Crippen LogP contribution in [-0.4, -0.2) is 19.7 Å². The first kappa shape index (κ1) is 9.06. The summed E-state index contributed by atoms with van der Waals surface area (Å²) in [5, 5.41) is 0. The fourth-order valence-corrected chi connectivity index (χ4v) is 1.73. The van der Waals surface area contributed by atoms with Crippen molar-refractivity contribution in [2.45, 2.75) is 12.3 Å². The zero-order chi connectivity index (χ0) is 9.97. The molecule has 1 heterocycles. The van der Waals surface area contributed by atoms with Gasteiger partial charge in [-0.05, 0) is 12.5 Å². The van der Waals surface area contributed by atoms with Gasteiger partial charge in [-0.1, -0.05) is 18.2 Å². The van der Waals surface area contributed by atoms with Crippen LogP contribution in [0.1, 0.15) is 17.9 Å². The van der Waals surface area contributed by atoms with Crippen molar-refractivity contribution in [1.82, 2.24) is 0 Å². The van der Waals surface area contributed by atoms with Gasteiger partial charge in [-0.25, -0.2) is 0 Å². The average Bonchev–Trinajstić information content (AvgIpc) is 2.64. The Balaban J connectivity index is 2.35. The number of para-hydroxylation sites is 1. The standard InChI is InChI=1S/C11H12O3/c1-13-10-5-3-2-4-8(10)9-6-7-14-11(9)12/h2-5,9H,6-7H2,1H3/t9-/m0/s1. The topological polar surface area (TPSA) is 35.5 Å². The number of methoxy groups -OCH3 is 1.